The maximum Gasteiger partial charge on any atom is 0.309 e. The van der Waals surface area contributed by atoms with Crippen LogP contribution in [0.4, 0.5) is 0 Å². The van der Waals surface area contributed by atoms with Gasteiger partial charge < -0.3 is 47.4 Å². The highest BCUT2D eigenvalue weighted by Gasteiger charge is 2.44. The van der Waals surface area contributed by atoms with Crippen LogP contribution in [0.3, 0.4) is 0 Å². The highest BCUT2D eigenvalue weighted by atomic mass is 16.6. The first kappa shape index (κ1) is 42.4. The number of cyclic esters (lactones) is 1. The van der Waals surface area contributed by atoms with Gasteiger partial charge in [-0.05, 0) is 53.9 Å². The second kappa shape index (κ2) is 19.3. The molecule has 0 N–H and O–H groups in total. The normalized spacial score (nSPS) is 16.2. The van der Waals surface area contributed by atoms with E-state index >= 15 is 0 Å². The molecule has 300 valence electrons. The van der Waals surface area contributed by atoms with E-state index in [0.717, 1.165) is 0 Å². The number of hydrogen-bond acceptors (Lipinski definition) is 16. The van der Waals surface area contributed by atoms with Crippen molar-refractivity contribution < 1.29 is 76.1 Å². The smallest absolute Gasteiger partial charge is 0.309 e. The molecule has 1 saturated heterocycles. The molecule has 1 aliphatic heterocycles. The molecule has 16 heteroatoms. The van der Waals surface area contributed by atoms with Gasteiger partial charge in [0.1, 0.15) is 12.7 Å². The average molecular weight is 781 g/mol. The molecule has 0 amide bonds. The predicted octanol–water partition coefficient (Wildman–Crippen LogP) is 4.81. The van der Waals surface area contributed by atoms with Gasteiger partial charge in [0.2, 0.25) is 0 Å². The van der Waals surface area contributed by atoms with Gasteiger partial charge in [-0.2, -0.15) is 0 Å². The molecule has 3 aromatic rings. The molecule has 0 unspecified atom stereocenters. The molecule has 0 saturated carbocycles. The lowest BCUT2D eigenvalue weighted by Crippen LogP contribution is -2.34. The topological polar surface area (TPSA) is 195 Å². The van der Waals surface area contributed by atoms with Crippen molar-refractivity contribution in [2.45, 2.75) is 59.4 Å². The number of esters is 6. The second-order valence-corrected chi connectivity index (χ2v) is 12.6. The Morgan fingerprint density at radius 1 is 0.643 bits per heavy atom. The molecule has 0 aliphatic carbocycles. The van der Waals surface area contributed by atoms with E-state index in [9.17, 15) is 28.8 Å². The number of carbonyl (C=O) groups excluding carboxylic acids is 6. The lowest BCUT2D eigenvalue weighted by atomic mass is 9.82. The van der Waals surface area contributed by atoms with Crippen molar-refractivity contribution in [3.63, 3.8) is 0 Å². The third-order valence-corrected chi connectivity index (χ3v) is 8.50. The van der Waals surface area contributed by atoms with Crippen molar-refractivity contribution in [3.8, 4) is 34.5 Å². The highest BCUT2D eigenvalue weighted by Crippen LogP contribution is 2.43. The number of methoxy groups -OCH3 is 3. The molecule has 0 spiro atoms. The molecular weight excluding hydrogens is 736 g/mol. The van der Waals surface area contributed by atoms with E-state index < -0.39 is 66.0 Å². The number of hydrogen-bond donors (Lipinski definition) is 0. The Morgan fingerprint density at radius 3 is 1.75 bits per heavy atom. The van der Waals surface area contributed by atoms with Crippen LogP contribution in [-0.2, 0) is 54.1 Å². The summed E-state index contributed by atoms with van der Waals surface area (Å²) in [6.07, 6.45) is -3.15. The Balaban J connectivity index is 1.70. The molecule has 16 nitrogen and oxygen atoms in total. The van der Waals surface area contributed by atoms with E-state index in [-0.39, 0.29) is 48.4 Å². The summed E-state index contributed by atoms with van der Waals surface area (Å²) in [6, 6.07) is 14.1. The fraction of sp³-hybridized carbons (Fsp3) is 0.400. The van der Waals surface area contributed by atoms with Crippen LogP contribution in [0.2, 0.25) is 0 Å². The maximum absolute atomic E-state index is 13.1. The molecule has 0 radical (unpaired) electrons. The van der Waals surface area contributed by atoms with Crippen molar-refractivity contribution in [2.75, 3.05) is 34.5 Å². The van der Waals surface area contributed by atoms with Crippen molar-refractivity contribution in [1.29, 1.82) is 0 Å². The van der Waals surface area contributed by atoms with Crippen molar-refractivity contribution in [2.24, 2.45) is 11.8 Å². The molecule has 1 heterocycles. The van der Waals surface area contributed by atoms with Gasteiger partial charge in [0.15, 0.2) is 46.7 Å². The number of carbonyl (C=O) groups is 6. The molecular formula is C40H44O16. The quantitative estimate of drug-likeness (QED) is 0.103. The van der Waals surface area contributed by atoms with Crippen molar-refractivity contribution in [1.82, 2.24) is 0 Å². The summed E-state index contributed by atoms with van der Waals surface area (Å²) in [5.74, 6) is -3.84. The third kappa shape index (κ3) is 11.1. The largest absolute Gasteiger partial charge is 0.493 e. The minimum absolute atomic E-state index is 0.0566. The first-order valence-corrected chi connectivity index (χ1v) is 17.3. The second-order valence-electron chi connectivity index (χ2n) is 12.6. The average Bonchev–Trinajstić information content (AvgIpc) is 3.50. The van der Waals surface area contributed by atoms with Crippen LogP contribution in [0, 0.1) is 11.8 Å². The van der Waals surface area contributed by atoms with Crippen molar-refractivity contribution >= 4 is 35.8 Å². The number of ether oxygens (including phenoxy) is 10. The Kier molecular flexibility index (Phi) is 14.6. The Morgan fingerprint density at radius 2 is 1.18 bits per heavy atom. The molecule has 4 rings (SSSR count). The first-order chi connectivity index (χ1) is 26.6. The van der Waals surface area contributed by atoms with Gasteiger partial charge in [-0.3, -0.25) is 28.8 Å². The number of benzene rings is 3. The molecule has 0 bridgehead atoms. The Bertz CT molecular complexity index is 1940. The van der Waals surface area contributed by atoms with E-state index in [1.165, 1.54) is 80.2 Å². The van der Waals surface area contributed by atoms with Gasteiger partial charge in [0.25, 0.3) is 0 Å². The fourth-order valence-corrected chi connectivity index (χ4v) is 6.16. The van der Waals surface area contributed by atoms with Gasteiger partial charge in [0.05, 0.1) is 33.9 Å². The first-order valence-electron chi connectivity index (χ1n) is 17.3. The zero-order valence-electron chi connectivity index (χ0n) is 32.2. The molecule has 0 aromatic heterocycles. The minimum Gasteiger partial charge on any atom is -0.493 e. The third-order valence-electron chi connectivity index (χ3n) is 8.50. The van der Waals surface area contributed by atoms with Crippen LogP contribution < -0.4 is 28.4 Å². The standard InChI is InChI=1S/C40H44O16/c1-21(41)50-20-37(39(55-25(5)45)28-11-13-32(53-23(3)43)35(18-28)48-7)56-33-14-10-27(17-36(33)49-8)38(54-24(4)44)30-19-51-40(46)29(30)15-26-9-12-31(52-22(2)42)34(16-26)47-6/h9-14,16-18,29-30,37-39H,15,19-20H2,1-8H3/t29-,30+,37+,38+,39-/m1/s1. The zero-order valence-corrected chi connectivity index (χ0v) is 32.2. The lowest BCUT2D eigenvalue weighted by Gasteiger charge is -2.29. The van der Waals surface area contributed by atoms with Crippen molar-refractivity contribution in [3.05, 3.63) is 71.3 Å². The summed E-state index contributed by atoms with van der Waals surface area (Å²) in [7, 11) is 4.17. The lowest BCUT2D eigenvalue weighted by molar-refractivity contribution is -0.157. The Labute approximate surface area is 323 Å². The monoisotopic (exact) mass is 780 g/mol. The fourth-order valence-electron chi connectivity index (χ4n) is 6.16. The van der Waals surface area contributed by atoms with Crippen LogP contribution in [-0.4, -0.2) is 76.5 Å². The summed E-state index contributed by atoms with van der Waals surface area (Å²) in [5, 5.41) is 0. The molecule has 1 aliphatic rings. The SMILES string of the molecule is COc1cc(C[C@H]2C(=O)OC[C@@H]2[C@@H](OC(C)=O)c2ccc(O[C@@H](COC(C)=O)[C@H](OC(C)=O)c3ccc(OC(C)=O)c(OC)c3)c(OC)c2)ccc1OC(C)=O. The number of rotatable bonds is 17. The molecule has 5 atom stereocenters. The summed E-state index contributed by atoms with van der Waals surface area (Å²) < 4.78 is 55.6. The zero-order chi connectivity index (χ0) is 41.1. The molecule has 1 fully saturated rings. The Hall–Kier alpha value is -6.32. The van der Waals surface area contributed by atoms with Crippen LogP contribution in [0.1, 0.15) is 63.5 Å². The summed E-state index contributed by atoms with van der Waals surface area (Å²) >= 11 is 0. The van der Waals surface area contributed by atoms with Gasteiger partial charge in [-0.1, -0.05) is 18.2 Å². The van der Waals surface area contributed by atoms with Crippen LogP contribution in [0.25, 0.3) is 0 Å². The summed E-state index contributed by atoms with van der Waals surface area (Å²) in [4.78, 5) is 73.1. The highest BCUT2D eigenvalue weighted by molar-refractivity contribution is 5.76. The van der Waals surface area contributed by atoms with E-state index in [4.69, 9.17) is 47.4 Å². The molecule has 56 heavy (non-hydrogen) atoms. The minimum atomic E-state index is -1.19. The van der Waals surface area contributed by atoms with Gasteiger partial charge in [0, 0.05) is 46.1 Å². The van der Waals surface area contributed by atoms with Gasteiger partial charge in [-0.25, -0.2) is 0 Å². The van der Waals surface area contributed by atoms with Crippen LogP contribution in [0.15, 0.2) is 54.6 Å². The van der Waals surface area contributed by atoms with Gasteiger partial charge in [-0.15, -0.1) is 0 Å². The summed E-state index contributed by atoms with van der Waals surface area (Å²) in [5.41, 5.74) is 1.47. The van der Waals surface area contributed by atoms with Gasteiger partial charge >= 0.3 is 35.8 Å². The predicted molar refractivity (Wildman–Crippen MR) is 193 cm³/mol. The van der Waals surface area contributed by atoms with E-state index in [2.05, 4.69) is 0 Å². The van der Waals surface area contributed by atoms with E-state index in [0.29, 0.717) is 22.4 Å². The maximum atomic E-state index is 13.1. The van der Waals surface area contributed by atoms with Crippen LogP contribution in [0.5, 0.6) is 34.5 Å². The van der Waals surface area contributed by atoms with Crippen LogP contribution >= 0.6 is 0 Å². The summed E-state index contributed by atoms with van der Waals surface area (Å²) in [6.45, 7) is 5.72. The van der Waals surface area contributed by atoms with E-state index in [1.807, 2.05) is 0 Å². The van der Waals surface area contributed by atoms with E-state index in [1.54, 1.807) is 30.3 Å². The molecule has 3 aromatic carbocycles.